The highest BCUT2D eigenvalue weighted by Gasteiger charge is 2.31. The van der Waals surface area contributed by atoms with Crippen LogP contribution in [0.5, 0.6) is 5.75 Å². The fourth-order valence-electron chi connectivity index (χ4n) is 1.90. The number of hydrogen-bond donors (Lipinski definition) is 1. The first-order chi connectivity index (χ1) is 8.19. The molecule has 0 saturated carbocycles. The van der Waals surface area contributed by atoms with Crippen LogP contribution in [0.1, 0.15) is 12.1 Å². The molecule has 0 aliphatic carbocycles. The summed E-state index contributed by atoms with van der Waals surface area (Å²) in [5.74, 6) is 0.553. The molecule has 1 fully saturated rings. The van der Waals surface area contributed by atoms with Crippen LogP contribution in [0.3, 0.4) is 0 Å². The van der Waals surface area contributed by atoms with Crippen molar-refractivity contribution in [3.05, 3.63) is 24.0 Å². The van der Waals surface area contributed by atoms with Crippen molar-refractivity contribution >= 4 is 5.97 Å². The van der Waals surface area contributed by atoms with E-state index in [9.17, 15) is 4.79 Å². The van der Waals surface area contributed by atoms with E-state index in [1.165, 1.54) is 7.11 Å². The van der Waals surface area contributed by atoms with Gasteiger partial charge in [-0.15, -0.1) is 0 Å². The van der Waals surface area contributed by atoms with Crippen LogP contribution in [-0.2, 0) is 9.53 Å². The van der Waals surface area contributed by atoms with Crippen molar-refractivity contribution in [3.8, 4) is 5.75 Å². The molecule has 1 saturated heterocycles. The minimum atomic E-state index is -0.257. The van der Waals surface area contributed by atoms with Crippen LogP contribution in [0.4, 0.5) is 0 Å². The van der Waals surface area contributed by atoms with Gasteiger partial charge in [-0.05, 0) is 13.0 Å². The Bertz CT molecular complexity index is 408. The Morgan fingerprint density at radius 2 is 2.41 bits per heavy atom. The molecule has 5 heteroatoms. The second kappa shape index (κ2) is 5.14. The molecule has 0 amide bonds. The minimum absolute atomic E-state index is 0.000833. The average Bonchev–Trinajstić information content (AvgIpc) is 2.76. The molecular weight excluding hydrogens is 220 g/mol. The molecule has 92 valence electrons. The SMILES string of the molecule is COC(=O)[C@@H]1C[C@@H](Oc2ccnc(C)c2)CN1. The number of hydrogen-bond acceptors (Lipinski definition) is 5. The summed E-state index contributed by atoms with van der Waals surface area (Å²) in [5.41, 5.74) is 0.915. The van der Waals surface area contributed by atoms with Gasteiger partial charge >= 0.3 is 5.97 Å². The Hall–Kier alpha value is -1.62. The summed E-state index contributed by atoms with van der Waals surface area (Å²) >= 11 is 0. The van der Waals surface area contributed by atoms with Crippen molar-refractivity contribution in [2.75, 3.05) is 13.7 Å². The number of nitrogens with one attached hydrogen (secondary N) is 1. The predicted octanol–water partition coefficient (Wildman–Crippen LogP) is 0.672. The minimum Gasteiger partial charge on any atom is -0.489 e. The van der Waals surface area contributed by atoms with Gasteiger partial charge in [-0.25, -0.2) is 0 Å². The van der Waals surface area contributed by atoms with Gasteiger partial charge in [0.15, 0.2) is 0 Å². The summed E-state index contributed by atoms with van der Waals surface area (Å²) in [6.07, 6.45) is 2.35. The number of nitrogens with zero attached hydrogens (tertiary/aromatic N) is 1. The highest BCUT2D eigenvalue weighted by molar-refractivity contribution is 5.76. The molecule has 1 aliphatic heterocycles. The van der Waals surface area contributed by atoms with Crippen molar-refractivity contribution in [3.63, 3.8) is 0 Å². The lowest BCUT2D eigenvalue weighted by Gasteiger charge is -2.12. The summed E-state index contributed by atoms with van der Waals surface area (Å²) in [5, 5.41) is 3.08. The Labute approximate surface area is 100 Å². The predicted molar refractivity (Wildman–Crippen MR) is 61.8 cm³/mol. The van der Waals surface area contributed by atoms with Crippen LogP contribution in [0.15, 0.2) is 18.3 Å². The van der Waals surface area contributed by atoms with Gasteiger partial charge in [0.1, 0.15) is 17.9 Å². The third kappa shape index (κ3) is 2.94. The molecule has 1 N–H and O–H groups in total. The van der Waals surface area contributed by atoms with Gasteiger partial charge in [-0.3, -0.25) is 9.78 Å². The Morgan fingerprint density at radius 3 is 3.12 bits per heavy atom. The molecule has 1 aromatic rings. The number of carbonyl (C=O) groups is 1. The molecule has 0 bridgehead atoms. The van der Waals surface area contributed by atoms with E-state index in [-0.39, 0.29) is 18.1 Å². The molecule has 1 aliphatic rings. The van der Waals surface area contributed by atoms with Crippen LogP contribution in [0.25, 0.3) is 0 Å². The molecule has 1 aromatic heterocycles. The number of methoxy groups -OCH3 is 1. The summed E-state index contributed by atoms with van der Waals surface area (Å²) < 4.78 is 10.5. The van der Waals surface area contributed by atoms with Crippen molar-refractivity contribution in [2.24, 2.45) is 0 Å². The lowest BCUT2D eigenvalue weighted by molar-refractivity contribution is -0.142. The lowest BCUT2D eigenvalue weighted by atomic mass is 10.2. The van der Waals surface area contributed by atoms with Crippen LogP contribution in [0.2, 0.25) is 0 Å². The van der Waals surface area contributed by atoms with E-state index in [0.29, 0.717) is 13.0 Å². The van der Waals surface area contributed by atoms with E-state index in [2.05, 4.69) is 15.0 Å². The maximum absolute atomic E-state index is 11.3. The highest BCUT2D eigenvalue weighted by atomic mass is 16.5. The summed E-state index contributed by atoms with van der Waals surface area (Å²) in [6.45, 7) is 2.57. The molecule has 2 rings (SSSR count). The molecule has 0 spiro atoms. The van der Waals surface area contributed by atoms with E-state index in [1.54, 1.807) is 6.20 Å². The third-order valence-corrected chi connectivity index (χ3v) is 2.75. The second-order valence-electron chi connectivity index (χ2n) is 4.09. The van der Waals surface area contributed by atoms with Crippen LogP contribution >= 0.6 is 0 Å². The topological polar surface area (TPSA) is 60.5 Å². The molecule has 17 heavy (non-hydrogen) atoms. The first-order valence-corrected chi connectivity index (χ1v) is 5.59. The number of pyridine rings is 1. The fraction of sp³-hybridized carbons (Fsp3) is 0.500. The molecule has 0 aromatic carbocycles. The summed E-state index contributed by atoms with van der Waals surface area (Å²) in [6, 6.07) is 3.44. The summed E-state index contributed by atoms with van der Waals surface area (Å²) in [4.78, 5) is 15.4. The van der Waals surface area contributed by atoms with Crippen LogP contribution < -0.4 is 10.1 Å². The van der Waals surface area contributed by atoms with Gasteiger partial charge in [0.25, 0.3) is 0 Å². The largest absolute Gasteiger partial charge is 0.489 e. The van der Waals surface area contributed by atoms with Crippen molar-refractivity contribution in [2.45, 2.75) is 25.5 Å². The zero-order chi connectivity index (χ0) is 12.3. The van der Waals surface area contributed by atoms with Gasteiger partial charge in [-0.1, -0.05) is 0 Å². The number of rotatable bonds is 3. The van der Waals surface area contributed by atoms with Gasteiger partial charge in [0.05, 0.1) is 7.11 Å². The highest BCUT2D eigenvalue weighted by Crippen LogP contribution is 2.17. The standard InChI is InChI=1S/C12H16N2O3/c1-8-5-9(3-4-13-8)17-10-6-11(14-7-10)12(15)16-2/h3-5,10-11,14H,6-7H2,1-2H3/t10-,11+/m1/s1. The first kappa shape index (κ1) is 11.9. The van der Waals surface area contributed by atoms with Crippen LogP contribution in [0, 0.1) is 6.92 Å². The number of carbonyl (C=O) groups excluding carboxylic acids is 1. The fourth-order valence-corrected chi connectivity index (χ4v) is 1.90. The number of aromatic nitrogens is 1. The maximum atomic E-state index is 11.3. The molecular formula is C12H16N2O3. The van der Waals surface area contributed by atoms with E-state index in [1.807, 2.05) is 19.1 Å². The van der Waals surface area contributed by atoms with Gasteiger partial charge in [0.2, 0.25) is 0 Å². The van der Waals surface area contributed by atoms with Crippen molar-refractivity contribution < 1.29 is 14.3 Å². The van der Waals surface area contributed by atoms with E-state index < -0.39 is 0 Å². The Balaban J connectivity index is 1.92. The van der Waals surface area contributed by atoms with Crippen molar-refractivity contribution in [1.29, 1.82) is 0 Å². The zero-order valence-corrected chi connectivity index (χ0v) is 9.97. The average molecular weight is 236 g/mol. The molecule has 5 nitrogen and oxygen atoms in total. The lowest BCUT2D eigenvalue weighted by Crippen LogP contribution is -2.31. The third-order valence-electron chi connectivity index (χ3n) is 2.75. The number of aryl methyl sites for hydroxylation is 1. The normalized spacial score (nSPS) is 23.4. The summed E-state index contributed by atoms with van der Waals surface area (Å²) in [7, 11) is 1.39. The number of ether oxygens (including phenoxy) is 2. The van der Waals surface area contributed by atoms with Crippen LogP contribution in [-0.4, -0.2) is 36.8 Å². The Kier molecular flexibility index (Phi) is 3.58. The number of esters is 1. The Morgan fingerprint density at radius 1 is 1.59 bits per heavy atom. The monoisotopic (exact) mass is 236 g/mol. The van der Waals surface area contributed by atoms with E-state index in [4.69, 9.17) is 4.74 Å². The smallest absolute Gasteiger partial charge is 0.323 e. The maximum Gasteiger partial charge on any atom is 0.323 e. The molecule has 2 atom stereocenters. The molecule has 0 radical (unpaired) electrons. The van der Waals surface area contributed by atoms with E-state index in [0.717, 1.165) is 11.4 Å². The van der Waals surface area contributed by atoms with Gasteiger partial charge < -0.3 is 14.8 Å². The molecule has 2 heterocycles. The van der Waals surface area contributed by atoms with E-state index >= 15 is 0 Å². The van der Waals surface area contributed by atoms with Gasteiger partial charge in [-0.2, -0.15) is 0 Å². The quantitative estimate of drug-likeness (QED) is 0.782. The molecule has 0 unspecified atom stereocenters. The second-order valence-corrected chi connectivity index (χ2v) is 4.09. The van der Waals surface area contributed by atoms with Gasteiger partial charge in [0, 0.05) is 30.9 Å². The first-order valence-electron chi connectivity index (χ1n) is 5.59. The van der Waals surface area contributed by atoms with Crippen molar-refractivity contribution in [1.82, 2.24) is 10.3 Å². The zero-order valence-electron chi connectivity index (χ0n) is 9.97.